The molecule has 0 bridgehead atoms. The molecule has 0 aromatic heterocycles. The molecule has 2 aliphatic carbocycles. The Labute approximate surface area is 215 Å². The minimum Gasteiger partial charge on any atom is -0.494 e. The van der Waals surface area contributed by atoms with Gasteiger partial charge in [0, 0.05) is 0 Å². The largest absolute Gasteiger partial charge is 0.494 e. The quantitative estimate of drug-likeness (QED) is 0.184. The van der Waals surface area contributed by atoms with Crippen molar-refractivity contribution in [2.24, 2.45) is 17.8 Å². The molecule has 2 saturated carbocycles. The van der Waals surface area contributed by atoms with E-state index in [1.165, 1.54) is 96.3 Å². The van der Waals surface area contributed by atoms with Gasteiger partial charge in [0.1, 0.15) is 11.9 Å². The Balaban J connectivity index is 1.32. The Hall–Kier alpha value is -1.51. The first kappa shape index (κ1) is 28.1. The molecule has 2 aliphatic rings. The van der Waals surface area contributed by atoms with Crippen molar-refractivity contribution in [1.29, 1.82) is 0 Å². The van der Waals surface area contributed by atoms with Crippen LogP contribution in [0.3, 0.4) is 0 Å². The van der Waals surface area contributed by atoms with Crippen LogP contribution in [0.4, 0.5) is 0 Å². The van der Waals surface area contributed by atoms with Crippen LogP contribution < -0.4 is 4.74 Å². The number of esters is 1. The summed E-state index contributed by atoms with van der Waals surface area (Å²) in [5.74, 6) is 3.34. The van der Waals surface area contributed by atoms with Gasteiger partial charge in [-0.25, -0.2) is 4.79 Å². The van der Waals surface area contributed by atoms with Gasteiger partial charge in [-0.05, 0) is 80.5 Å². The van der Waals surface area contributed by atoms with Crippen LogP contribution in [-0.4, -0.2) is 18.7 Å². The summed E-state index contributed by atoms with van der Waals surface area (Å²) < 4.78 is 11.8. The van der Waals surface area contributed by atoms with E-state index in [0.717, 1.165) is 49.4 Å². The number of hydrogen-bond donors (Lipinski definition) is 0. The lowest BCUT2D eigenvalue weighted by molar-refractivity contribution is 0.0161. The monoisotopic (exact) mass is 484 g/mol. The first-order chi connectivity index (χ1) is 17.2. The minimum absolute atomic E-state index is 0.0893. The summed E-state index contributed by atoms with van der Waals surface area (Å²) in [6.45, 7) is 5.33. The summed E-state index contributed by atoms with van der Waals surface area (Å²) in [5.41, 5.74) is 0.638. The number of rotatable bonds is 15. The number of hydrogen-bond acceptors (Lipinski definition) is 3. The Morgan fingerprint density at radius 1 is 0.743 bits per heavy atom. The van der Waals surface area contributed by atoms with Crippen LogP contribution in [0.2, 0.25) is 0 Å². The Morgan fingerprint density at radius 2 is 1.34 bits per heavy atom. The van der Waals surface area contributed by atoms with Crippen LogP contribution in [-0.2, 0) is 4.74 Å². The maximum absolute atomic E-state index is 12.6. The third-order valence-corrected chi connectivity index (χ3v) is 8.61. The van der Waals surface area contributed by atoms with Crippen molar-refractivity contribution in [3.63, 3.8) is 0 Å². The summed E-state index contributed by atoms with van der Waals surface area (Å²) in [6, 6.07) is 7.57. The van der Waals surface area contributed by atoms with E-state index in [1.54, 1.807) is 0 Å². The highest BCUT2D eigenvalue weighted by atomic mass is 16.5. The summed E-state index contributed by atoms with van der Waals surface area (Å²) >= 11 is 0. The first-order valence-corrected chi connectivity index (χ1v) is 15.1. The summed E-state index contributed by atoms with van der Waals surface area (Å²) in [7, 11) is 0. The standard InChI is InChI=1S/C32H52O3/c1-3-5-7-12-26-17-21-31(22-18-26)35-32(33)29-19-23-30(24-20-29)34-25-11-16-28-15-10-9-14-27(28)13-8-6-4-2/h19-20,23-24,26-28,31H,3-18,21-22,25H2,1-2H3. The van der Waals surface area contributed by atoms with Crippen molar-refractivity contribution in [3.8, 4) is 5.75 Å². The average Bonchev–Trinajstić information content (AvgIpc) is 2.89. The number of ether oxygens (including phenoxy) is 2. The lowest BCUT2D eigenvalue weighted by Gasteiger charge is -2.31. The molecule has 2 fully saturated rings. The molecule has 1 aromatic rings. The van der Waals surface area contributed by atoms with E-state index in [9.17, 15) is 4.79 Å². The fourth-order valence-electron chi connectivity index (χ4n) is 6.36. The Kier molecular flexibility index (Phi) is 13.1. The van der Waals surface area contributed by atoms with E-state index in [1.807, 2.05) is 24.3 Å². The number of benzene rings is 1. The minimum atomic E-state index is -0.183. The molecule has 0 aliphatic heterocycles. The van der Waals surface area contributed by atoms with Gasteiger partial charge in [0.15, 0.2) is 0 Å². The molecule has 2 unspecified atom stereocenters. The van der Waals surface area contributed by atoms with Crippen molar-refractivity contribution in [1.82, 2.24) is 0 Å². The molecule has 0 amide bonds. The molecule has 1 aromatic carbocycles. The molecular weight excluding hydrogens is 432 g/mol. The Bertz CT molecular complexity index is 689. The van der Waals surface area contributed by atoms with Crippen LogP contribution in [0, 0.1) is 17.8 Å². The van der Waals surface area contributed by atoms with Crippen LogP contribution in [0.15, 0.2) is 24.3 Å². The number of carbonyl (C=O) groups excluding carboxylic acids is 1. The van der Waals surface area contributed by atoms with Gasteiger partial charge in [-0.15, -0.1) is 0 Å². The third kappa shape index (κ3) is 10.2. The van der Waals surface area contributed by atoms with Gasteiger partial charge >= 0.3 is 5.97 Å². The zero-order chi connectivity index (χ0) is 24.7. The van der Waals surface area contributed by atoms with E-state index in [-0.39, 0.29) is 12.1 Å². The van der Waals surface area contributed by atoms with Gasteiger partial charge in [-0.2, -0.15) is 0 Å². The van der Waals surface area contributed by atoms with Gasteiger partial charge in [0.05, 0.1) is 12.2 Å². The SMILES string of the molecule is CCCCCC1CCC(OC(=O)c2ccc(OCCCC3CCCCC3CCCCC)cc2)CC1. The van der Waals surface area contributed by atoms with Gasteiger partial charge in [-0.3, -0.25) is 0 Å². The normalized spacial score (nSPS) is 24.7. The zero-order valence-electron chi connectivity index (χ0n) is 22.8. The maximum Gasteiger partial charge on any atom is 0.338 e. The summed E-state index contributed by atoms with van der Waals surface area (Å²) in [6.07, 6.45) is 23.5. The van der Waals surface area contributed by atoms with Crippen molar-refractivity contribution < 1.29 is 14.3 Å². The van der Waals surface area contributed by atoms with E-state index >= 15 is 0 Å². The molecule has 2 atom stereocenters. The van der Waals surface area contributed by atoms with Crippen molar-refractivity contribution in [2.45, 2.75) is 136 Å². The van der Waals surface area contributed by atoms with Gasteiger partial charge in [-0.1, -0.05) is 90.9 Å². The van der Waals surface area contributed by atoms with Crippen molar-refractivity contribution in [2.75, 3.05) is 6.61 Å². The molecule has 3 nitrogen and oxygen atoms in total. The lowest BCUT2D eigenvalue weighted by Crippen LogP contribution is -2.24. The molecule has 0 radical (unpaired) electrons. The topological polar surface area (TPSA) is 35.5 Å². The third-order valence-electron chi connectivity index (χ3n) is 8.61. The molecule has 0 heterocycles. The van der Waals surface area contributed by atoms with Crippen LogP contribution in [0.5, 0.6) is 5.75 Å². The molecule has 0 saturated heterocycles. The highest BCUT2D eigenvalue weighted by molar-refractivity contribution is 5.89. The smallest absolute Gasteiger partial charge is 0.338 e. The van der Waals surface area contributed by atoms with Gasteiger partial charge in [0.25, 0.3) is 0 Å². The first-order valence-electron chi connectivity index (χ1n) is 15.1. The van der Waals surface area contributed by atoms with Gasteiger partial charge in [0.2, 0.25) is 0 Å². The second kappa shape index (κ2) is 16.3. The predicted octanol–water partition coefficient (Wildman–Crippen LogP) is 9.53. The molecule has 198 valence electrons. The summed E-state index contributed by atoms with van der Waals surface area (Å²) in [4.78, 5) is 12.6. The molecule has 0 spiro atoms. The zero-order valence-corrected chi connectivity index (χ0v) is 22.8. The lowest BCUT2D eigenvalue weighted by atomic mass is 9.74. The van der Waals surface area contributed by atoms with E-state index in [2.05, 4.69) is 13.8 Å². The molecule has 3 rings (SSSR count). The maximum atomic E-state index is 12.6. The van der Waals surface area contributed by atoms with E-state index in [4.69, 9.17) is 9.47 Å². The fourth-order valence-corrected chi connectivity index (χ4v) is 6.36. The second-order valence-electron chi connectivity index (χ2n) is 11.4. The fraction of sp³-hybridized carbons (Fsp3) is 0.781. The molecular formula is C32H52O3. The molecule has 3 heteroatoms. The van der Waals surface area contributed by atoms with Gasteiger partial charge < -0.3 is 9.47 Å². The van der Waals surface area contributed by atoms with E-state index in [0.29, 0.717) is 5.56 Å². The average molecular weight is 485 g/mol. The highest BCUT2D eigenvalue weighted by Crippen LogP contribution is 2.36. The number of unbranched alkanes of at least 4 members (excludes halogenated alkanes) is 4. The highest BCUT2D eigenvalue weighted by Gasteiger charge is 2.25. The second-order valence-corrected chi connectivity index (χ2v) is 11.4. The van der Waals surface area contributed by atoms with E-state index < -0.39 is 0 Å². The van der Waals surface area contributed by atoms with Crippen LogP contribution in [0.25, 0.3) is 0 Å². The molecule has 0 N–H and O–H groups in total. The van der Waals surface area contributed by atoms with Crippen LogP contribution >= 0.6 is 0 Å². The van der Waals surface area contributed by atoms with Crippen molar-refractivity contribution in [3.05, 3.63) is 29.8 Å². The number of carbonyl (C=O) groups is 1. The summed E-state index contributed by atoms with van der Waals surface area (Å²) in [5, 5.41) is 0. The van der Waals surface area contributed by atoms with Crippen LogP contribution in [0.1, 0.15) is 140 Å². The molecule has 35 heavy (non-hydrogen) atoms. The van der Waals surface area contributed by atoms with Crippen molar-refractivity contribution >= 4 is 5.97 Å². The predicted molar refractivity (Wildman–Crippen MR) is 146 cm³/mol. The Morgan fingerprint density at radius 3 is 1.97 bits per heavy atom.